The van der Waals surface area contributed by atoms with Gasteiger partial charge >= 0.3 is 0 Å². The number of carbonyl (C=O) groups excluding carboxylic acids is 1. The molecule has 2 atom stereocenters. The average molecular weight is 353 g/mol. The predicted octanol–water partition coefficient (Wildman–Crippen LogP) is 2.16. The molecular formula is C20H27N5O. The van der Waals surface area contributed by atoms with Gasteiger partial charge in [-0.1, -0.05) is 6.07 Å². The standard InChI is InChI=1S/C20H27N5O/c21-18-4-3-17(12-18)20(26)24-9-5-16(6-10-24)19-23-8-11-25(19)14-15-2-1-7-22-13-15/h1-2,7-8,11,13,16-18H,3-6,9-10,12,14,21H2/t17-,18+/m1/s1. The summed E-state index contributed by atoms with van der Waals surface area (Å²) in [6, 6.07) is 4.26. The van der Waals surface area contributed by atoms with Crippen molar-refractivity contribution in [2.24, 2.45) is 11.7 Å². The Kier molecular flexibility index (Phi) is 5.02. The van der Waals surface area contributed by atoms with E-state index < -0.39 is 0 Å². The van der Waals surface area contributed by atoms with E-state index in [0.717, 1.165) is 57.6 Å². The predicted molar refractivity (Wildman–Crippen MR) is 99.4 cm³/mol. The zero-order valence-corrected chi connectivity index (χ0v) is 15.1. The Bertz CT molecular complexity index is 736. The van der Waals surface area contributed by atoms with Gasteiger partial charge in [-0.2, -0.15) is 0 Å². The topological polar surface area (TPSA) is 77.0 Å². The van der Waals surface area contributed by atoms with Gasteiger partial charge in [0.05, 0.1) is 6.54 Å². The molecule has 2 aromatic rings. The molecule has 138 valence electrons. The molecule has 6 heteroatoms. The second-order valence-corrected chi connectivity index (χ2v) is 7.64. The van der Waals surface area contributed by atoms with Gasteiger partial charge in [-0.15, -0.1) is 0 Å². The molecular weight excluding hydrogens is 326 g/mol. The fraction of sp³-hybridized carbons (Fsp3) is 0.550. The van der Waals surface area contributed by atoms with Gasteiger partial charge in [0.1, 0.15) is 5.82 Å². The normalized spacial score (nSPS) is 24.1. The molecule has 2 N–H and O–H groups in total. The summed E-state index contributed by atoms with van der Waals surface area (Å²) in [5.41, 5.74) is 7.15. The minimum absolute atomic E-state index is 0.147. The van der Waals surface area contributed by atoms with Crippen LogP contribution in [-0.4, -0.2) is 44.5 Å². The summed E-state index contributed by atoms with van der Waals surface area (Å²) in [6.45, 7) is 2.45. The molecule has 0 bridgehead atoms. The zero-order chi connectivity index (χ0) is 17.9. The number of hydrogen-bond donors (Lipinski definition) is 1. The van der Waals surface area contributed by atoms with Crippen LogP contribution >= 0.6 is 0 Å². The summed E-state index contributed by atoms with van der Waals surface area (Å²) >= 11 is 0. The second-order valence-electron chi connectivity index (χ2n) is 7.64. The molecule has 2 fully saturated rings. The number of imidazole rings is 1. The zero-order valence-electron chi connectivity index (χ0n) is 15.1. The maximum Gasteiger partial charge on any atom is 0.225 e. The lowest BCUT2D eigenvalue weighted by atomic mass is 9.94. The van der Waals surface area contributed by atoms with Crippen LogP contribution in [-0.2, 0) is 11.3 Å². The van der Waals surface area contributed by atoms with Gasteiger partial charge in [0.2, 0.25) is 5.91 Å². The number of likely N-dealkylation sites (tertiary alicyclic amines) is 1. The first kappa shape index (κ1) is 17.2. The van der Waals surface area contributed by atoms with Crippen LogP contribution in [0.25, 0.3) is 0 Å². The van der Waals surface area contributed by atoms with Crippen molar-refractivity contribution in [2.75, 3.05) is 13.1 Å². The van der Waals surface area contributed by atoms with Crippen molar-refractivity contribution in [2.45, 2.75) is 50.6 Å². The third-order valence-corrected chi connectivity index (χ3v) is 5.82. The molecule has 1 saturated heterocycles. The quantitative estimate of drug-likeness (QED) is 0.914. The van der Waals surface area contributed by atoms with Crippen LogP contribution in [0.1, 0.15) is 49.4 Å². The molecule has 0 spiro atoms. The highest BCUT2D eigenvalue weighted by atomic mass is 16.2. The SMILES string of the molecule is N[C@H]1CC[C@@H](C(=O)N2CCC(c3nccn3Cc3cccnc3)CC2)C1. The largest absolute Gasteiger partial charge is 0.342 e. The molecule has 1 saturated carbocycles. The number of carbonyl (C=O) groups is 1. The van der Waals surface area contributed by atoms with Crippen molar-refractivity contribution < 1.29 is 4.79 Å². The van der Waals surface area contributed by atoms with Gasteiger partial charge in [-0.3, -0.25) is 9.78 Å². The van der Waals surface area contributed by atoms with E-state index >= 15 is 0 Å². The molecule has 26 heavy (non-hydrogen) atoms. The Hall–Kier alpha value is -2.21. The number of piperidine rings is 1. The molecule has 3 heterocycles. The maximum absolute atomic E-state index is 12.7. The number of amides is 1. The number of hydrogen-bond acceptors (Lipinski definition) is 4. The molecule has 0 unspecified atom stereocenters. The third-order valence-electron chi connectivity index (χ3n) is 5.82. The van der Waals surface area contributed by atoms with Gasteiger partial charge in [0.25, 0.3) is 0 Å². The Balaban J connectivity index is 1.37. The molecule has 1 aliphatic heterocycles. The summed E-state index contributed by atoms with van der Waals surface area (Å²) in [6.07, 6.45) is 12.4. The van der Waals surface area contributed by atoms with Crippen LogP contribution in [0.3, 0.4) is 0 Å². The summed E-state index contributed by atoms with van der Waals surface area (Å²) in [5, 5.41) is 0. The Morgan fingerprint density at radius 3 is 2.73 bits per heavy atom. The Morgan fingerprint density at radius 2 is 2.04 bits per heavy atom. The smallest absolute Gasteiger partial charge is 0.225 e. The molecule has 0 aromatic carbocycles. The van der Waals surface area contributed by atoms with Gasteiger partial charge < -0.3 is 15.2 Å². The van der Waals surface area contributed by atoms with Crippen molar-refractivity contribution in [1.29, 1.82) is 0 Å². The lowest BCUT2D eigenvalue weighted by Crippen LogP contribution is -2.41. The van der Waals surface area contributed by atoms with Crippen LogP contribution in [0, 0.1) is 5.92 Å². The minimum Gasteiger partial charge on any atom is -0.342 e. The molecule has 6 nitrogen and oxygen atoms in total. The van der Waals surface area contributed by atoms with Gasteiger partial charge in [-0.05, 0) is 43.7 Å². The number of nitrogens with two attached hydrogens (primary N) is 1. The van der Waals surface area contributed by atoms with Gasteiger partial charge in [0, 0.05) is 55.8 Å². The molecule has 1 amide bonds. The first-order valence-corrected chi connectivity index (χ1v) is 9.65. The van der Waals surface area contributed by atoms with E-state index in [1.807, 2.05) is 29.6 Å². The van der Waals surface area contributed by atoms with Crippen molar-refractivity contribution in [3.05, 3.63) is 48.3 Å². The van der Waals surface area contributed by atoms with E-state index in [2.05, 4.69) is 20.6 Å². The first-order valence-electron chi connectivity index (χ1n) is 9.65. The maximum atomic E-state index is 12.7. The molecule has 2 aliphatic rings. The Morgan fingerprint density at radius 1 is 1.19 bits per heavy atom. The lowest BCUT2D eigenvalue weighted by molar-refractivity contribution is -0.136. The summed E-state index contributed by atoms with van der Waals surface area (Å²) < 4.78 is 2.22. The third kappa shape index (κ3) is 3.65. The van der Waals surface area contributed by atoms with E-state index in [1.54, 1.807) is 6.20 Å². The average Bonchev–Trinajstić information content (AvgIpc) is 3.31. The summed E-state index contributed by atoms with van der Waals surface area (Å²) in [7, 11) is 0. The van der Waals surface area contributed by atoms with Gasteiger partial charge in [0.15, 0.2) is 0 Å². The van der Waals surface area contributed by atoms with E-state index in [4.69, 9.17) is 5.73 Å². The molecule has 0 radical (unpaired) electrons. The summed E-state index contributed by atoms with van der Waals surface area (Å²) in [4.78, 5) is 23.5. The highest BCUT2D eigenvalue weighted by Gasteiger charge is 2.33. The fourth-order valence-corrected chi connectivity index (χ4v) is 4.36. The van der Waals surface area contributed by atoms with Crippen molar-refractivity contribution in [1.82, 2.24) is 19.4 Å². The Labute approximate surface area is 154 Å². The summed E-state index contributed by atoms with van der Waals surface area (Å²) in [5.74, 6) is 2.00. The monoisotopic (exact) mass is 353 g/mol. The molecule has 4 rings (SSSR count). The number of rotatable bonds is 4. The van der Waals surface area contributed by atoms with Crippen LogP contribution in [0.4, 0.5) is 0 Å². The van der Waals surface area contributed by atoms with Crippen LogP contribution in [0.5, 0.6) is 0 Å². The number of nitrogens with zero attached hydrogens (tertiary/aromatic N) is 4. The van der Waals surface area contributed by atoms with E-state index in [0.29, 0.717) is 11.8 Å². The van der Waals surface area contributed by atoms with E-state index in [-0.39, 0.29) is 12.0 Å². The highest BCUT2D eigenvalue weighted by Crippen LogP contribution is 2.31. The first-order chi connectivity index (χ1) is 12.7. The van der Waals surface area contributed by atoms with Crippen LogP contribution < -0.4 is 5.73 Å². The second kappa shape index (κ2) is 7.58. The fourth-order valence-electron chi connectivity index (χ4n) is 4.36. The van der Waals surface area contributed by atoms with E-state index in [9.17, 15) is 4.79 Å². The van der Waals surface area contributed by atoms with E-state index in [1.165, 1.54) is 5.56 Å². The van der Waals surface area contributed by atoms with Crippen molar-refractivity contribution >= 4 is 5.91 Å². The highest BCUT2D eigenvalue weighted by molar-refractivity contribution is 5.79. The van der Waals surface area contributed by atoms with Crippen molar-refractivity contribution in [3.63, 3.8) is 0 Å². The molecule has 2 aromatic heterocycles. The van der Waals surface area contributed by atoms with Crippen LogP contribution in [0.2, 0.25) is 0 Å². The lowest BCUT2D eigenvalue weighted by Gasteiger charge is -2.33. The van der Waals surface area contributed by atoms with Crippen LogP contribution in [0.15, 0.2) is 36.9 Å². The molecule has 1 aliphatic carbocycles. The number of pyridine rings is 1. The number of aromatic nitrogens is 3. The van der Waals surface area contributed by atoms with Gasteiger partial charge in [-0.25, -0.2) is 4.98 Å². The minimum atomic E-state index is 0.147. The van der Waals surface area contributed by atoms with Crippen molar-refractivity contribution in [3.8, 4) is 0 Å².